The number of para-hydroxylation sites is 1. The average molecular weight is 296 g/mol. The first kappa shape index (κ1) is 14.7. The van der Waals surface area contributed by atoms with Crippen LogP contribution >= 0.6 is 12.4 Å². The monoisotopic (exact) mass is 295 g/mol. The van der Waals surface area contributed by atoms with Gasteiger partial charge < -0.3 is 15.5 Å². The summed E-state index contributed by atoms with van der Waals surface area (Å²) in [5.74, 6) is -0.0986. The van der Waals surface area contributed by atoms with Gasteiger partial charge in [-0.25, -0.2) is 0 Å². The van der Waals surface area contributed by atoms with E-state index in [2.05, 4.69) is 0 Å². The molecule has 1 saturated heterocycles. The van der Waals surface area contributed by atoms with Crippen molar-refractivity contribution in [3.8, 4) is 0 Å². The van der Waals surface area contributed by atoms with Crippen molar-refractivity contribution in [1.82, 2.24) is 9.80 Å². The minimum Gasteiger partial charge on any atom is -0.398 e. The average Bonchev–Trinajstić information content (AvgIpc) is 3.23. The lowest BCUT2D eigenvalue weighted by Gasteiger charge is -2.34. The molecule has 2 fully saturated rings. The number of rotatable bonds is 2. The number of carbonyl (C=O) groups is 2. The Kier molecular flexibility index (Phi) is 4.18. The maximum Gasteiger partial charge on any atom is 0.256 e. The summed E-state index contributed by atoms with van der Waals surface area (Å²) in [4.78, 5) is 27.8. The molecule has 0 spiro atoms. The molecule has 1 aromatic rings. The van der Waals surface area contributed by atoms with Gasteiger partial charge in [0.15, 0.2) is 0 Å². The zero-order chi connectivity index (χ0) is 13.4. The Bertz CT molecular complexity index is 531. The molecule has 0 unspecified atom stereocenters. The summed E-state index contributed by atoms with van der Waals surface area (Å²) in [6.07, 6.45) is 2.20. The van der Waals surface area contributed by atoms with Crippen LogP contribution in [0.1, 0.15) is 23.2 Å². The highest BCUT2D eigenvalue weighted by molar-refractivity contribution is 6.01. The number of nitrogens with two attached hydrogens (primary N) is 1. The van der Waals surface area contributed by atoms with Crippen LogP contribution in [0.3, 0.4) is 0 Å². The van der Waals surface area contributed by atoms with Gasteiger partial charge >= 0.3 is 0 Å². The van der Waals surface area contributed by atoms with Gasteiger partial charge in [-0.1, -0.05) is 12.1 Å². The fourth-order valence-electron chi connectivity index (χ4n) is 2.49. The predicted octanol–water partition coefficient (Wildman–Crippen LogP) is 1.14. The van der Waals surface area contributed by atoms with Crippen LogP contribution in [0.15, 0.2) is 24.3 Å². The Hall–Kier alpha value is -1.75. The molecule has 20 heavy (non-hydrogen) atoms. The third-order valence-electron chi connectivity index (χ3n) is 3.72. The van der Waals surface area contributed by atoms with Gasteiger partial charge in [-0.15, -0.1) is 12.4 Å². The molecule has 0 radical (unpaired) electrons. The zero-order valence-electron chi connectivity index (χ0n) is 11.1. The van der Waals surface area contributed by atoms with E-state index in [1.54, 1.807) is 29.2 Å². The van der Waals surface area contributed by atoms with Gasteiger partial charge in [-0.3, -0.25) is 9.59 Å². The molecular formula is C14H18ClN3O2. The number of benzene rings is 1. The van der Waals surface area contributed by atoms with Crippen molar-refractivity contribution in [2.45, 2.75) is 18.9 Å². The molecule has 5 nitrogen and oxygen atoms in total. The van der Waals surface area contributed by atoms with Gasteiger partial charge in [-0.05, 0) is 25.0 Å². The fourth-order valence-corrected chi connectivity index (χ4v) is 2.49. The molecule has 3 rings (SSSR count). The molecule has 0 atom stereocenters. The van der Waals surface area contributed by atoms with Crippen LogP contribution in [0.4, 0.5) is 5.69 Å². The van der Waals surface area contributed by atoms with Gasteiger partial charge in [0.25, 0.3) is 5.91 Å². The minimum absolute atomic E-state index is 0. The van der Waals surface area contributed by atoms with Gasteiger partial charge in [0.2, 0.25) is 5.91 Å². The highest BCUT2D eigenvalue weighted by Crippen LogP contribution is 2.28. The minimum atomic E-state index is -0.151. The molecule has 1 aromatic carbocycles. The number of nitrogens with zero attached hydrogens (tertiary/aromatic N) is 2. The Morgan fingerprint density at radius 2 is 1.90 bits per heavy atom. The number of amides is 2. The van der Waals surface area contributed by atoms with Crippen LogP contribution in [0.25, 0.3) is 0 Å². The lowest BCUT2D eigenvalue weighted by Crippen LogP contribution is -2.53. The number of anilines is 1. The van der Waals surface area contributed by atoms with E-state index in [9.17, 15) is 9.59 Å². The third-order valence-corrected chi connectivity index (χ3v) is 3.72. The van der Waals surface area contributed by atoms with Gasteiger partial charge in [0, 0.05) is 24.8 Å². The summed E-state index contributed by atoms with van der Waals surface area (Å²) in [5.41, 5.74) is 6.75. The molecule has 1 saturated carbocycles. The molecule has 2 amide bonds. The number of halogens is 1. The van der Waals surface area contributed by atoms with E-state index in [1.165, 1.54) is 0 Å². The zero-order valence-corrected chi connectivity index (χ0v) is 11.9. The highest BCUT2D eigenvalue weighted by atomic mass is 35.5. The van der Waals surface area contributed by atoms with Crippen LogP contribution in [0.5, 0.6) is 0 Å². The molecule has 6 heteroatoms. The third kappa shape index (κ3) is 2.72. The highest BCUT2D eigenvalue weighted by Gasteiger charge is 2.37. The number of hydrogen-bond acceptors (Lipinski definition) is 3. The second kappa shape index (κ2) is 5.71. The van der Waals surface area contributed by atoms with Crippen LogP contribution in [0, 0.1) is 0 Å². The fraction of sp³-hybridized carbons (Fsp3) is 0.429. The van der Waals surface area contributed by atoms with E-state index >= 15 is 0 Å². The predicted molar refractivity (Wildman–Crippen MR) is 78.7 cm³/mol. The van der Waals surface area contributed by atoms with E-state index in [4.69, 9.17) is 5.73 Å². The smallest absolute Gasteiger partial charge is 0.256 e. The van der Waals surface area contributed by atoms with Crippen LogP contribution in [-0.4, -0.2) is 47.3 Å². The number of carbonyl (C=O) groups excluding carboxylic acids is 2. The van der Waals surface area contributed by atoms with Crippen LogP contribution in [-0.2, 0) is 4.79 Å². The van der Waals surface area contributed by atoms with Crippen LogP contribution in [0.2, 0.25) is 0 Å². The van der Waals surface area contributed by atoms with Crippen molar-refractivity contribution in [3.05, 3.63) is 29.8 Å². The Balaban J connectivity index is 0.00000147. The van der Waals surface area contributed by atoms with Crippen molar-refractivity contribution < 1.29 is 9.59 Å². The summed E-state index contributed by atoms with van der Waals surface area (Å²) >= 11 is 0. The van der Waals surface area contributed by atoms with Crippen LogP contribution < -0.4 is 5.73 Å². The first-order valence-electron chi connectivity index (χ1n) is 6.60. The van der Waals surface area contributed by atoms with E-state index < -0.39 is 0 Å². The summed E-state index contributed by atoms with van der Waals surface area (Å²) in [6.45, 7) is 1.40. The molecule has 2 aliphatic rings. The van der Waals surface area contributed by atoms with E-state index in [1.807, 2.05) is 4.90 Å². The van der Waals surface area contributed by atoms with E-state index in [0.717, 1.165) is 12.8 Å². The first-order valence-corrected chi connectivity index (χ1v) is 6.60. The number of nitrogen functional groups attached to an aromatic ring is 1. The quantitative estimate of drug-likeness (QED) is 0.832. The van der Waals surface area contributed by atoms with Crippen molar-refractivity contribution in [2.24, 2.45) is 0 Å². The Labute approximate surface area is 124 Å². The van der Waals surface area contributed by atoms with Crippen molar-refractivity contribution >= 4 is 29.9 Å². The molecule has 1 aliphatic heterocycles. The summed E-state index contributed by atoms with van der Waals surface area (Å²) in [5, 5.41) is 0. The van der Waals surface area contributed by atoms with E-state index in [-0.39, 0.29) is 30.8 Å². The van der Waals surface area contributed by atoms with Gasteiger partial charge in [0.1, 0.15) is 6.54 Å². The number of piperazine rings is 1. The van der Waals surface area contributed by atoms with E-state index in [0.29, 0.717) is 30.4 Å². The molecule has 2 N–H and O–H groups in total. The van der Waals surface area contributed by atoms with Crippen molar-refractivity contribution in [3.63, 3.8) is 0 Å². The SMILES string of the molecule is Cl.Nc1ccccc1C(=O)N1CCN(C2CC2)C(=O)C1. The van der Waals surface area contributed by atoms with Gasteiger partial charge in [-0.2, -0.15) is 0 Å². The molecular weight excluding hydrogens is 278 g/mol. The second-order valence-corrected chi connectivity index (χ2v) is 5.13. The first-order chi connectivity index (χ1) is 9.16. The Morgan fingerprint density at radius 3 is 2.50 bits per heavy atom. The summed E-state index contributed by atoms with van der Waals surface area (Å²) in [6, 6.07) is 7.41. The largest absolute Gasteiger partial charge is 0.398 e. The topological polar surface area (TPSA) is 66.6 Å². The molecule has 1 heterocycles. The lowest BCUT2D eigenvalue weighted by molar-refractivity contribution is -0.135. The van der Waals surface area contributed by atoms with Crippen molar-refractivity contribution in [1.29, 1.82) is 0 Å². The molecule has 1 aliphatic carbocycles. The molecule has 0 aromatic heterocycles. The Morgan fingerprint density at radius 1 is 1.20 bits per heavy atom. The lowest BCUT2D eigenvalue weighted by atomic mass is 10.1. The number of hydrogen-bond donors (Lipinski definition) is 1. The molecule has 108 valence electrons. The summed E-state index contributed by atoms with van der Waals surface area (Å²) in [7, 11) is 0. The maximum absolute atomic E-state index is 12.3. The normalized spacial score (nSPS) is 18.7. The van der Waals surface area contributed by atoms with Crippen molar-refractivity contribution in [2.75, 3.05) is 25.4 Å². The second-order valence-electron chi connectivity index (χ2n) is 5.13. The summed E-state index contributed by atoms with van der Waals surface area (Å²) < 4.78 is 0. The standard InChI is InChI=1S/C14H17N3O2.ClH/c15-12-4-2-1-3-11(12)14(19)16-7-8-17(10-5-6-10)13(18)9-16;/h1-4,10H,5-9,15H2;1H. The maximum atomic E-state index is 12.3. The molecule has 0 bridgehead atoms. The van der Waals surface area contributed by atoms with Gasteiger partial charge in [0.05, 0.1) is 5.56 Å².